The quantitative estimate of drug-likeness (QED) is 0.928. The molecule has 1 aromatic heterocycles. The first-order valence-corrected chi connectivity index (χ1v) is 7.34. The number of rotatable bonds is 4. The second-order valence-electron chi connectivity index (χ2n) is 5.28. The van der Waals surface area contributed by atoms with Crippen molar-refractivity contribution >= 4 is 23.5 Å². The second kappa shape index (κ2) is 6.43. The van der Waals surface area contributed by atoms with Crippen LogP contribution in [0.1, 0.15) is 18.4 Å². The van der Waals surface area contributed by atoms with Crippen LogP contribution < -0.4 is 5.32 Å². The summed E-state index contributed by atoms with van der Waals surface area (Å²) in [5, 5.41) is 7.97. The summed E-state index contributed by atoms with van der Waals surface area (Å²) in [6, 6.07) is 9.91. The summed E-state index contributed by atoms with van der Waals surface area (Å²) in [4.78, 5) is 27.9. The lowest BCUT2D eigenvalue weighted by Crippen LogP contribution is -2.34. The molecule has 0 unspecified atom stereocenters. The van der Waals surface area contributed by atoms with Crippen LogP contribution in [0.15, 0.2) is 47.8 Å². The third kappa shape index (κ3) is 3.45. The van der Waals surface area contributed by atoms with Gasteiger partial charge < -0.3 is 4.57 Å². The maximum absolute atomic E-state index is 12.3. The number of carbonyl (C=O) groups excluding carboxylic acids is 2. The van der Waals surface area contributed by atoms with Crippen molar-refractivity contribution in [2.75, 3.05) is 12.4 Å². The Balaban J connectivity index is 1.72. The highest BCUT2D eigenvalue weighted by Crippen LogP contribution is 2.12. The van der Waals surface area contributed by atoms with Gasteiger partial charge in [0.15, 0.2) is 0 Å². The highest BCUT2D eigenvalue weighted by atomic mass is 16.2. The van der Waals surface area contributed by atoms with Crippen molar-refractivity contribution in [3.63, 3.8) is 0 Å². The normalized spacial score (nSPS) is 14.6. The monoisotopic (exact) mass is 311 g/mol. The van der Waals surface area contributed by atoms with Crippen LogP contribution in [0, 0.1) is 0 Å². The van der Waals surface area contributed by atoms with E-state index in [1.54, 1.807) is 19.4 Å². The molecule has 118 valence electrons. The van der Waals surface area contributed by atoms with Crippen molar-refractivity contribution in [1.29, 1.82) is 0 Å². The molecule has 0 saturated heterocycles. The van der Waals surface area contributed by atoms with Crippen LogP contribution in [0.5, 0.6) is 0 Å². The molecule has 0 fully saturated rings. The van der Waals surface area contributed by atoms with Gasteiger partial charge >= 0.3 is 0 Å². The first-order chi connectivity index (χ1) is 11.1. The average Bonchev–Trinajstić information content (AvgIpc) is 2.98. The largest absolute Gasteiger partial charge is 0.313 e. The molecule has 1 aliphatic rings. The Morgan fingerprint density at radius 1 is 1.26 bits per heavy atom. The van der Waals surface area contributed by atoms with Crippen molar-refractivity contribution in [1.82, 2.24) is 14.6 Å². The number of hydrazone groups is 1. The van der Waals surface area contributed by atoms with Gasteiger partial charge in [-0.1, -0.05) is 30.3 Å². The van der Waals surface area contributed by atoms with Crippen molar-refractivity contribution in [2.24, 2.45) is 5.10 Å². The molecular weight excluding hydrogens is 294 g/mol. The van der Waals surface area contributed by atoms with E-state index in [4.69, 9.17) is 0 Å². The topological polar surface area (TPSA) is 79.6 Å². The minimum atomic E-state index is -0.329. The van der Waals surface area contributed by atoms with Crippen LogP contribution in [0.25, 0.3) is 0 Å². The molecule has 0 aliphatic carbocycles. The number of hydrogen-bond donors (Lipinski definition) is 1. The van der Waals surface area contributed by atoms with Crippen molar-refractivity contribution in [3.8, 4) is 0 Å². The molecule has 7 heteroatoms. The SMILES string of the molecule is CN1N=C(C(=O)Nc2nccn2Cc2ccccc2)CCC1=O. The molecule has 3 rings (SSSR count). The summed E-state index contributed by atoms with van der Waals surface area (Å²) in [7, 11) is 1.55. The highest BCUT2D eigenvalue weighted by Gasteiger charge is 2.22. The zero-order valence-corrected chi connectivity index (χ0v) is 12.8. The first-order valence-electron chi connectivity index (χ1n) is 7.34. The second-order valence-corrected chi connectivity index (χ2v) is 5.28. The molecule has 0 atom stereocenters. The molecule has 0 radical (unpaired) electrons. The Morgan fingerprint density at radius 3 is 2.78 bits per heavy atom. The number of nitrogens with zero attached hydrogens (tertiary/aromatic N) is 4. The van der Waals surface area contributed by atoms with Crippen molar-refractivity contribution < 1.29 is 9.59 Å². The summed E-state index contributed by atoms with van der Waals surface area (Å²) in [6.45, 7) is 0.612. The third-order valence-electron chi connectivity index (χ3n) is 3.61. The molecule has 2 amide bonds. The van der Waals surface area contributed by atoms with Gasteiger partial charge in [0, 0.05) is 32.3 Å². The average molecular weight is 311 g/mol. The lowest BCUT2D eigenvalue weighted by atomic mass is 10.1. The van der Waals surface area contributed by atoms with E-state index >= 15 is 0 Å². The van der Waals surface area contributed by atoms with Gasteiger partial charge in [0.1, 0.15) is 5.71 Å². The number of carbonyl (C=O) groups is 2. The number of amides is 2. The number of hydrogen-bond acceptors (Lipinski definition) is 4. The van der Waals surface area contributed by atoms with Gasteiger partial charge in [-0.25, -0.2) is 9.99 Å². The zero-order chi connectivity index (χ0) is 16.2. The Bertz CT molecular complexity index is 751. The van der Waals surface area contributed by atoms with E-state index in [9.17, 15) is 9.59 Å². The third-order valence-corrected chi connectivity index (χ3v) is 3.61. The Labute approximate surface area is 133 Å². The first kappa shape index (κ1) is 15.0. The maximum atomic E-state index is 12.3. The van der Waals surface area contributed by atoms with E-state index in [1.165, 1.54) is 5.01 Å². The fourth-order valence-electron chi connectivity index (χ4n) is 2.35. The minimum Gasteiger partial charge on any atom is -0.313 e. The maximum Gasteiger partial charge on any atom is 0.274 e. The van der Waals surface area contributed by atoms with Crippen LogP contribution in [-0.4, -0.2) is 39.1 Å². The highest BCUT2D eigenvalue weighted by molar-refractivity contribution is 6.43. The Morgan fingerprint density at radius 2 is 2.04 bits per heavy atom. The number of nitrogens with one attached hydrogen (secondary N) is 1. The van der Waals surface area contributed by atoms with Crippen molar-refractivity contribution in [3.05, 3.63) is 48.3 Å². The number of imidazole rings is 1. The fourth-order valence-corrected chi connectivity index (χ4v) is 2.35. The van der Waals surface area contributed by atoms with E-state index in [-0.39, 0.29) is 11.8 Å². The van der Waals surface area contributed by atoms with E-state index < -0.39 is 0 Å². The number of benzene rings is 1. The molecule has 1 aliphatic heterocycles. The van der Waals surface area contributed by atoms with Crippen LogP contribution in [0.2, 0.25) is 0 Å². The van der Waals surface area contributed by atoms with Crippen molar-refractivity contribution in [2.45, 2.75) is 19.4 Å². The van der Waals surface area contributed by atoms with E-state index in [0.717, 1.165) is 5.56 Å². The van der Waals surface area contributed by atoms with Gasteiger partial charge in [0.05, 0.1) is 6.54 Å². The summed E-state index contributed by atoms with van der Waals surface area (Å²) in [6.07, 6.45) is 4.08. The van der Waals surface area contributed by atoms with E-state index in [1.807, 2.05) is 34.9 Å². The molecule has 7 nitrogen and oxygen atoms in total. The summed E-state index contributed by atoms with van der Waals surface area (Å²) < 4.78 is 1.85. The molecular formula is C16H17N5O2. The minimum absolute atomic E-state index is 0.0906. The number of anilines is 1. The number of aromatic nitrogens is 2. The Hall–Kier alpha value is -2.96. The van der Waals surface area contributed by atoms with Crippen LogP contribution >= 0.6 is 0 Å². The summed E-state index contributed by atoms with van der Waals surface area (Å²) in [5.41, 5.74) is 1.45. The van der Waals surface area contributed by atoms with Crippen LogP contribution in [0.4, 0.5) is 5.95 Å². The summed E-state index contributed by atoms with van der Waals surface area (Å²) >= 11 is 0. The lowest BCUT2D eigenvalue weighted by Gasteiger charge is -2.19. The van der Waals surface area contributed by atoms with Gasteiger partial charge in [-0.05, 0) is 5.56 Å². The van der Waals surface area contributed by atoms with Gasteiger partial charge in [-0.15, -0.1) is 0 Å². The standard InChI is InChI=1S/C16H17N5O2/c1-20-14(22)8-7-13(19-20)15(23)18-16-17-9-10-21(16)11-12-5-3-2-4-6-12/h2-6,9-10H,7-8,11H2,1H3,(H,17,18,23). The van der Waals surface area contributed by atoms with Gasteiger partial charge in [-0.2, -0.15) is 5.10 Å². The van der Waals surface area contributed by atoms with Gasteiger partial charge in [-0.3, -0.25) is 14.9 Å². The molecule has 2 aromatic rings. The molecule has 2 heterocycles. The fraction of sp³-hybridized carbons (Fsp3) is 0.250. The van der Waals surface area contributed by atoms with Crippen LogP contribution in [-0.2, 0) is 16.1 Å². The zero-order valence-electron chi connectivity index (χ0n) is 12.8. The molecule has 0 bridgehead atoms. The van der Waals surface area contributed by atoms with Gasteiger partial charge in [0.25, 0.3) is 5.91 Å². The molecule has 23 heavy (non-hydrogen) atoms. The molecule has 1 aromatic carbocycles. The molecule has 1 N–H and O–H groups in total. The predicted octanol–water partition coefficient (Wildman–Crippen LogP) is 1.48. The van der Waals surface area contributed by atoms with Crippen LogP contribution in [0.3, 0.4) is 0 Å². The van der Waals surface area contributed by atoms with Gasteiger partial charge in [0.2, 0.25) is 11.9 Å². The smallest absolute Gasteiger partial charge is 0.274 e. The molecule has 0 spiro atoms. The van der Waals surface area contributed by atoms with E-state index in [0.29, 0.717) is 31.0 Å². The predicted molar refractivity (Wildman–Crippen MR) is 85.8 cm³/mol. The molecule has 0 saturated carbocycles. The summed E-state index contributed by atoms with van der Waals surface area (Å²) in [5.74, 6) is 0.0399. The Kier molecular flexibility index (Phi) is 4.18. The van der Waals surface area contributed by atoms with E-state index in [2.05, 4.69) is 15.4 Å². The lowest BCUT2D eigenvalue weighted by molar-refractivity contribution is -0.130.